The SMILES string of the molecule is O=C(O)C(Cc1ccc(-c2ccccc2)cc1)N(Cc1ccccc1O)C(=O)c1ccc(-c2ccccc2)cc1. The summed E-state index contributed by atoms with van der Waals surface area (Å²) >= 11 is 0. The van der Waals surface area contributed by atoms with E-state index >= 15 is 0 Å². The summed E-state index contributed by atoms with van der Waals surface area (Å²) in [7, 11) is 0. The minimum atomic E-state index is -1.15. The highest BCUT2D eigenvalue weighted by Gasteiger charge is 2.31. The largest absolute Gasteiger partial charge is 0.508 e. The minimum absolute atomic E-state index is 0.0103. The monoisotopic (exact) mass is 527 g/mol. The molecule has 198 valence electrons. The molecule has 0 spiro atoms. The van der Waals surface area contributed by atoms with Gasteiger partial charge in [0.25, 0.3) is 5.91 Å². The number of amides is 1. The molecule has 5 heteroatoms. The second kappa shape index (κ2) is 12.1. The molecule has 1 amide bonds. The number of rotatable bonds is 9. The highest BCUT2D eigenvalue weighted by atomic mass is 16.4. The first kappa shape index (κ1) is 26.4. The number of phenolic OH excluding ortho intramolecular Hbond substituents is 1. The number of aromatic hydroxyl groups is 1. The highest BCUT2D eigenvalue weighted by Crippen LogP contribution is 2.25. The zero-order valence-corrected chi connectivity index (χ0v) is 21.9. The average Bonchev–Trinajstić information content (AvgIpc) is 3.00. The first-order valence-electron chi connectivity index (χ1n) is 13.1. The van der Waals surface area contributed by atoms with Crippen molar-refractivity contribution in [1.82, 2.24) is 4.90 Å². The van der Waals surface area contributed by atoms with Crippen LogP contribution in [-0.2, 0) is 17.8 Å². The first-order valence-corrected chi connectivity index (χ1v) is 13.1. The van der Waals surface area contributed by atoms with Crippen LogP contribution < -0.4 is 0 Å². The Kier molecular flexibility index (Phi) is 8.02. The third-order valence-electron chi connectivity index (χ3n) is 6.98. The topological polar surface area (TPSA) is 77.8 Å². The van der Waals surface area contributed by atoms with E-state index in [-0.39, 0.29) is 18.7 Å². The molecule has 0 aliphatic rings. The Morgan fingerprint density at radius 2 is 1.07 bits per heavy atom. The van der Waals surface area contributed by atoms with Gasteiger partial charge in [0.05, 0.1) is 6.54 Å². The van der Waals surface area contributed by atoms with Crippen LogP contribution in [0.2, 0.25) is 0 Å². The van der Waals surface area contributed by atoms with Crippen molar-refractivity contribution in [2.24, 2.45) is 0 Å². The molecule has 0 aliphatic carbocycles. The molecule has 0 radical (unpaired) electrons. The van der Waals surface area contributed by atoms with Gasteiger partial charge in [-0.2, -0.15) is 0 Å². The van der Waals surface area contributed by atoms with Crippen LogP contribution >= 0.6 is 0 Å². The molecule has 5 rings (SSSR count). The van der Waals surface area contributed by atoms with Gasteiger partial charge < -0.3 is 15.1 Å². The summed E-state index contributed by atoms with van der Waals surface area (Å²) in [6, 6.07) is 40.2. The van der Waals surface area contributed by atoms with E-state index in [1.807, 2.05) is 97.1 Å². The molecule has 1 unspecified atom stereocenters. The van der Waals surface area contributed by atoms with Crippen molar-refractivity contribution in [2.45, 2.75) is 19.0 Å². The van der Waals surface area contributed by atoms with Crippen LogP contribution in [0, 0.1) is 0 Å². The lowest BCUT2D eigenvalue weighted by Gasteiger charge is -2.30. The van der Waals surface area contributed by atoms with Gasteiger partial charge in [-0.05, 0) is 46.0 Å². The molecule has 0 fully saturated rings. The molecule has 1 atom stereocenters. The van der Waals surface area contributed by atoms with Gasteiger partial charge in [0, 0.05) is 17.5 Å². The Labute approximate surface area is 233 Å². The lowest BCUT2D eigenvalue weighted by molar-refractivity contribution is -0.142. The number of carbonyl (C=O) groups is 2. The maximum absolute atomic E-state index is 13.9. The van der Waals surface area contributed by atoms with E-state index in [1.165, 1.54) is 11.0 Å². The zero-order valence-electron chi connectivity index (χ0n) is 21.9. The lowest BCUT2D eigenvalue weighted by Crippen LogP contribution is -2.46. The Morgan fingerprint density at radius 3 is 1.60 bits per heavy atom. The van der Waals surface area contributed by atoms with Crippen LogP contribution in [0.15, 0.2) is 133 Å². The molecular formula is C35H29NO4. The molecule has 0 saturated carbocycles. The van der Waals surface area contributed by atoms with Gasteiger partial charge in [0.2, 0.25) is 0 Å². The third-order valence-corrected chi connectivity index (χ3v) is 6.98. The number of para-hydroxylation sites is 1. The minimum Gasteiger partial charge on any atom is -0.508 e. The van der Waals surface area contributed by atoms with E-state index in [4.69, 9.17) is 0 Å². The Morgan fingerprint density at radius 1 is 0.600 bits per heavy atom. The average molecular weight is 528 g/mol. The zero-order chi connectivity index (χ0) is 27.9. The summed E-state index contributed by atoms with van der Waals surface area (Å²) in [5.74, 6) is -1.52. The van der Waals surface area contributed by atoms with Crippen molar-refractivity contribution in [2.75, 3.05) is 0 Å². The van der Waals surface area contributed by atoms with E-state index < -0.39 is 17.9 Å². The van der Waals surface area contributed by atoms with Gasteiger partial charge in [0.1, 0.15) is 11.8 Å². The summed E-state index contributed by atoms with van der Waals surface area (Å²) in [5, 5.41) is 20.8. The molecule has 0 aliphatic heterocycles. The van der Waals surface area contributed by atoms with E-state index in [1.54, 1.807) is 30.3 Å². The molecule has 0 heterocycles. The van der Waals surface area contributed by atoms with Crippen LogP contribution in [0.1, 0.15) is 21.5 Å². The van der Waals surface area contributed by atoms with Gasteiger partial charge in [-0.1, -0.05) is 115 Å². The maximum Gasteiger partial charge on any atom is 0.326 e. The van der Waals surface area contributed by atoms with Crippen molar-refractivity contribution in [3.63, 3.8) is 0 Å². The van der Waals surface area contributed by atoms with Crippen molar-refractivity contribution in [1.29, 1.82) is 0 Å². The van der Waals surface area contributed by atoms with Crippen molar-refractivity contribution < 1.29 is 19.8 Å². The van der Waals surface area contributed by atoms with Crippen molar-refractivity contribution in [3.8, 4) is 28.0 Å². The fourth-order valence-corrected chi connectivity index (χ4v) is 4.77. The van der Waals surface area contributed by atoms with Gasteiger partial charge in [-0.3, -0.25) is 4.79 Å². The number of carboxylic acids is 1. The van der Waals surface area contributed by atoms with E-state index in [2.05, 4.69) is 0 Å². The third kappa shape index (κ3) is 6.11. The van der Waals surface area contributed by atoms with Gasteiger partial charge in [-0.25, -0.2) is 4.79 Å². The van der Waals surface area contributed by atoms with Crippen LogP contribution in [0.25, 0.3) is 22.3 Å². The maximum atomic E-state index is 13.9. The number of benzene rings is 5. The van der Waals surface area contributed by atoms with Crippen molar-refractivity contribution in [3.05, 3.63) is 150 Å². The summed E-state index contributed by atoms with van der Waals surface area (Å²) in [6.07, 6.45) is 0.117. The smallest absolute Gasteiger partial charge is 0.326 e. The fraction of sp³-hybridized carbons (Fsp3) is 0.0857. The molecule has 0 saturated heterocycles. The van der Waals surface area contributed by atoms with Gasteiger partial charge in [-0.15, -0.1) is 0 Å². The molecule has 40 heavy (non-hydrogen) atoms. The molecule has 5 aromatic carbocycles. The van der Waals surface area contributed by atoms with Crippen LogP contribution in [0.3, 0.4) is 0 Å². The fourth-order valence-electron chi connectivity index (χ4n) is 4.77. The number of phenols is 1. The van der Waals surface area contributed by atoms with Crippen molar-refractivity contribution >= 4 is 11.9 Å². The molecule has 0 bridgehead atoms. The van der Waals surface area contributed by atoms with Crippen LogP contribution in [0.4, 0.5) is 0 Å². The number of nitrogens with zero attached hydrogens (tertiary/aromatic N) is 1. The van der Waals surface area contributed by atoms with E-state index in [9.17, 15) is 19.8 Å². The number of hydrogen-bond donors (Lipinski definition) is 2. The van der Waals surface area contributed by atoms with Gasteiger partial charge >= 0.3 is 5.97 Å². The lowest BCUT2D eigenvalue weighted by atomic mass is 9.98. The number of carbonyl (C=O) groups excluding carboxylic acids is 1. The summed E-state index contributed by atoms with van der Waals surface area (Å²) in [4.78, 5) is 27.8. The van der Waals surface area contributed by atoms with E-state index in [0.29, 0.717) is 11.1 Å². The predicted octanol–water partition coefficient (Wildman–Crippen LogP) is 7.06. The molecule has 5 aromatic rings. The number of hydrogen-bond acceptors (Lipinski definition) is 3. The first-order chi connectivity index (χ1) is 19.5. The van der Waals surface area contributed by atoms with E-state index in [0.717, 1.165) is 27.8 Å². The summed E-state index contributed by atoms with van der Waals surface area (Å²) in [6.45, 7) is -0.0506. The van der Waals surface area contributed by atoms with Gasteiger partial charge in [0.15, 0.2) is 0 Å². The molecule has 2 N–H and O–H groups in total. The normalized spacial score (nSPS) is 11.5. The summed E-state index contributed by atoms with van der Waals surface area (Å²) in [5.41, 5.74) is 5.72. The highest BCUT2D eigenvalue weighted by molar-refractivity contribution is 5.97. The number of carboxylic acid groups (broad SMARTS) is 1. The molecule has 0 aromatic heterocycles. The van der Waals surface area contributed by atoms with Crippen LogP contribution in [0.5, 0.6) is 5.75 Å². The number of aliphatic carboxylic acids is 1. The van der Waals surface area contributed by atoms with Crippen LogP contribution in [-0.4, -0.2) is 33.0 Å². The predicted molar refractivity (Wildman–Crippen MR) is 157 cm³/mol. The second-order valence-corrected chi connectivity index (χ2v) is 9.63. The Bertz CT molecular complexity index is 1580. The quantitative estimate of drug-likeness (QED) is 0.215. The molecule has 5 nitrogen and oxygen atoms in total. The molecular weight excluding hydrogens is 498 g/mol. The Hall–Kier alpha value is -5.16. The Balaban J connectivity index is 1.45. The second-order valence-electron chi connectivity index (χ2n) is 9.63. The standard InChI is InChI=1S/C35H29NO4/c37-33-14-8-7-13-31(33)24-36(34(38)30-21-19-29(20-22-30)27-11-5-2-6-12-27)32(35(39)40)23-25-15-17-28(18-16-25)26-9-3-1-4-10-26/h1-22,32,37H,23-24H2,(H,39,40). The summed E-state index contributed by atoms with van der Waals surface area (Å²) < 4.78 is 0.